The van der Waals surface area contributed by atoms with Gasteiger partial charge in [0.2, 0.25) is 0 Å². The van der Waals surface area contributed by atoms with Gasteiger partial charge in [0, 0.05) is 18.7 Å². The average molecular weight is 424 g/mol. The van der Waals surface area contributed by atoms with E-state index in [0.717, 1.165) is 54.9 Å². The molecule has 1 saturated heterocycles. The number of rotatable bonds is 9. The number of nitrogens with zero attached hydrogens (tertiary/aromatic N) is 1. The van der Waals surface area contributed by atoms with Crippen molar-refractivity contribution >= 4 is 11.5 Å². The summed E-state index contributed by atoms with van der Waals surface area (Å²) in [5, 5.41) is 0. The molecule has 1 heterocycles. The Labute approximate surface area is 185 Å². The molecule has 0 bridgehead atoms. The van der Waals surface area contributed by atoms with Crippen LogP contribution in [-0.2, 0) is 14.3 Å². The van der Waals surface area contributed by atoms with Crippen LogP contribution >= 0.6 is 0 Å². The second-order valence-electron chi connectivity index (χ2n) is 7.84. The lowest BCUT2D eigenvalue weighted by Crippen LogP contribution is -2.40. The molecule has 1 unspecified atom stereocenters. The molecule has 5 heteroatoms. The molecule has 0 aromatic heterocycles. The predicted octanol–water partition coefficient (Wildman–Crippen LogP) is 4.68. The first-order valence-corrected chi connectivity index (χ1v) is 11.0. The maximum atomic E-state index is 12.1. The Hall–Kier alpha value is -2.79. The monoisotopic (exact) mass is 423 g/mol. The van der Waals surface area contributed by atoms with E-state index in [1.807, 2.05) is 43.5 Å². The van der Waals surface area contributed by atoms with Crippen LogP contribution in [0.2, 0.25) is 0 Å². The number of carbonyl (C=O) groups is 1. The lowest BCUT2D eigenvalue weighted by molar-refractivity contribution is -0.150. The first-order chi connectivity index (χ1) is 15.1. The molecule has 2 aromatic rings. The highest BCUT2D eigenvalue weighted by molar-refractivity contribution is 5.81. The van der Waals surface area contributed by atoms with Crippen molar-refractivity contribution < 1.29 is 19.0 Å². The summed E-state index contributed by atoms with van der Waals surface area (Å²) in [6.07, 6.45) is 3.77. The van der Waals surface area contributed by atoms with Crippen LogP contribution < -0.4 is 4.74 Å². The van der Waals surface area contributed by atoms with Crippen LogP contribution in [0.25, 0.3) is 5.57 Å². The maximum absolute atomic E-state index is 12.1. The number of benzene rings is 2. The van der Waals surface area contributed by atoms with Gasteiger partial charge in [-0.3, -0.25) is 9.69 Å². The Kier molecular flexibility index (Phi) is 8.53. The lowest BCUT2D eigenvalue weighted by Gasteiger charge is -2.31. The molecule has 2 aromatic carbocycles. The quantitative estimate of drug-likeness (QED) is 0.333. The molecule has 0 spiro atoms. The summed E-state index contributed by atoms with van der Waals surface area (Å²) >= 11 is 0. The van der Waals surface area contributed by atoms with Crippen molar-refractivity contribution in [2.24, 2.45) is 5.92 Å². The van der Waals surface area contributed by atoms with Gasteiger partial charge in [0.25, 0.3) is 0 Å². The van der Waals surface area contributed by atoms with Gasteiger partial charge in [0.15, 0.2) is 0 Å². The fourth-order valence-corrected chi connectivity index (χ4v) is 3.99. The average Bonchev–Trinajstić information content (AvgIpc) is 2.80. The fraction of sp³-hybridized carbons (Fsp3) is 0.423. The van der Waals surface area contributed by atoms with E-state index in [0.29, 0.717) is 13.2 Å². The van der Waals surface area contributed by atoms with Gasteiger partial charge >= 0.3 is 5.97 Å². The Morgan fingerprint density at radius 3 is 2.81 bits per heavy atom. The zero-order valence-corrected chi connectivity index (χ0v) is 18.8. The third-order valence-electron chi connectivity index (χ3n) is 5.67. The summed E-state index contributed by atoms with van der Waals surface area (Å²) in [7, 11) is 1.68. The first kappa shape index (κ1) is 22.9. The van der Waals surface area contributed by atoms with Gasteiger partial charge in [0.1, 0.15) is 12.4 Å². The summed E-state index contributed by atoms with van der Waals surface area (Å²) < 4.78 is 16.6. The third-order valence-corrected chi connectivity index (χ3v) is 5.67. The number of methoxy groups -OCH3 is 1. The summed E-state index contributed by atoms with van der Waals surface area (Å²) in [5.74, 6) is 0.715. The Morgan fingerprint density at radius 2 is 2.03 bits per heavy atom. The molecule has 166 valence electrons. The highest BCUT2D eigenvalue weighted by Gasteiger charge is 2.26. The summed E-state index contributed by atoms with van der Waals surface area (Å²) in [5.41, 5.74) is 4.40. The minimum Gasteiger partial charge on any atom is -0.499 e. The van der Waals surface area contributed by atoms with E-state index in [1.54, 1.807) is 7.11 Å². The molecule has 3 rings (SSSR count). The van der Waals surface area contributed by atoms with Crippen molar-refractivity contribution in [2.75, 3.05) is 40.0 Å². The molecular formula is C26H33NO4. The molecule has 5 nitrogen and oxygen atoms in total. The molecule has 31 heavy (non-hydrogen) atoms. The Bertz CT molecular complexity index is 892. The molecule has 1 atom stereocenters. The number of piperidine rings is 1. The minimum atomic E-state index is -0.0760. The van der Waals surface area contributed by atoms with E-state index < -0.39 is 0 Å². The standard InChI is InChI=1S/C26H33NO4/c1-4-31-26(28)22-11-8-14-27(18-22)15-16-30-19-25(24-13-6-5-9-20(24)2)21-10-7-12-23(17-21)29-3/h5-7,9-10,12-13,17,19,22H,4,8,11,14-16,18H2,1-3H3. The largest absolute Gasteiger partial charge is 0.499 e. The van der Waals surface area contributed by atoms with Crippen LogP contribution in [0.1, 0.15) is 36.5 Å². The Balaban J connectivity index is 1.67. The molecule has 0 amide bonds. The zero-order chi connectivity index (χ0) is 22.1. The van der Waals surface area contributed by atoms with E-state index in [1.165, 1.54) is 5.56 Å². The van der Waals surface area contributed by atoms with Crippen molar-refractivity contribution in [2.45, 2.75) is 26.7 Å². The fourth-order valence-electron chi connectivity index (χ4n) is 3.99. The number of aryl methyl sites for hydroxylation is 1. The maximum Gasteiger partial charge on any atom is 0.310 e. The Morgan fingerprint density at radius 1 is 1.19 bits per heavy atom. The topological polar surface area (TPSA) is 48.0 Å². The van der Waals surface area contributed by atoms with Crippen molar-refractivity contribution in [3.63, 3.8) is 0 Å². The van der Waals surface area contributed by atoms with E-state index in [-0.39, 0.29) is 11.9 Å². The van der Waals surface area contributed by atoms with E-state index in [9.17, 15) is 4.79 Å². The predicted molar refractivity (Wildman–Crippen MR) is 123 cm³/mol. The third kappa shape index (κ3) is 6.34. The van der Waals surface area contributed by atoms with Crippen molar-refractivity contribution in [3.8, 4) is 5.75 Å². The number of hydrogen-bond acceptors (Lipinski definition) is 5. The number of likely N-dealkylation sites (tertiary alicyclic amines) is 1. The second kappa shape index (κ2) is 11.6. The van der Waals surface area contributed by atoms with Crippen LogP contribution in [0.5, 0.6) is 5.75 Å². The van der Waals surface area contributed by atoms with Crippen molar-refractivity contribution in [1.82, 2.24) is 4.90 Å². The summed E-state index contributed by atoms with van der Waals surface area (Å²) in [6.45, 7) is 7.48. The van der Waals surface area contributed by atoms with Gasteiger partial charge in [-0.2, -0.15) is 0 Å². The van der Waals surface area contributed by atoms with Crippen molar-refractivity contribution in [1.29, 1.82) is 0 Å². The molecule has 1 aliphatic heterocycles. The van der Waals surface area contributed by atoms with Crippen LogP contribution in [0.4, 0.5) is 0 Å². The van der Waals surface area contributed by atoms with Crippen LogP contribution in [0, 0.1) is 12.8 Å². The summed E-state index contributed by atoms with van der Waals surface area (Å²) in [6, 6.07) is 16.3. The van der Waals surface area contributed by atoms with Crippen LogP contribution in [-0.4, -0.2) is 50.8 Å². The molecular weight excluding hydrogens is 390 g/mol. The van der Waals surface area contributed by atoms with Gasteiger partial charge < -0.3 is 14.2 Å². The smallest absolute Gasteiger partial charge is 0.310 e. The molecule has 0 radical (unpaired) electrons. The molecule has 1 fully saturated rings. The van der Waals surface area contributed by atoms with Crippen LogP contribution in [0.3, 0.4) is 0 Å². The second-order valence-corrected chi connectivity index (χ2v) is 7.84. The normalized spacial score (nSPS) is 17.3. The minimum absolute atomic E-state index is 0.0245. The van der Waals surface area contributed by atoms with Gasteiger partial charge in [-0.1, -0.05) is 36.4 Å². The SMILES string of the molecule is CCOC(=O)C1CCCN(CCOC=C(c2cccc(OC)c2)c2ccccc2C)C1. The highest BCUT2D eigenvalue weighted by Crippen LogP contribution is 2.28. The molecule has 1 aliphatic rings. The van der Waals surface area contributed by atoms with E-state index in [4.69, 9.17) is 14.2 Å². The molecule has 0 saturated carbocycles. The van der Waals surface area contributed by atoms with Gasteiger partial charge in [-0.15, -0.1) is 0 Å². The first-order valence-electron chi connectivity index (χ1n) is 11.0. The molecule has 0 aliphatic carbocycles. The lowest BCUT2D eigenvalue weighted by atomic mass is 9.95. The number of carbonyl (C=O) groups excluding carboxylic acids is 1. The van der Waals surface area contributed by atoms with E-state index >= 15 is 0 Å². The summed E-state index contributed by atoms with van der Waals surface area (Å²) in [4.78, 5) is 14.4. The van der Waals surface area contributed by atoms with Gasteiger partial charge in [-0.25, -0.2) is 0 Å². The highest BCUT2D eigenvalue weighted by atomic mass is 16.5. The molecule has 0 N–H and O–H groups in total. The van der Waals surface area contributed by atoms with Gasteiger partial charge in [0.05, 0.1) is 25.9 Å². The number of ether oxygens (including phenoxy) is 3. The van der Waals surface area contributed by atoms with E-state index in [2.05, 4.69) is 30.0 Å². The number of esters is 1. The number of hydrogen-bond donors (Lipinski definition) is 0. The van der Waals surface area contributed by atoms with Gasteiger partial charge in [-0.05, 0) is 62.1 Å². The zero-order valence-electron chi connectivity index (χ0n) is 18.8. The van der Waals surface area contributed by atoms with Crippen LogP contribution in [0.15, 0.2) is 54.8 Å². The van der Waals surface area contributed by atoms with Crippen molar-refractivity contribution in [3.05, 3.63) is 71.5 Å².